The lowest BCUT2D eigenvalue weighted by Crippen LogP contribution is -2.47. The topological polar surface area (TPSA) is 92.3 Å². The Balaban J connectivity index is 2.15. The van der Waals surface area contributed by atoms with Crippen LogP contribution in [0.15, 0.2) is 23.1 Å². The third-order valence-corrected chi connectivity index (χ3v) is 5.74. The second-order valence-electron chi connectivity index (χ2n) is 5.81. The Kier molecular flexibility index (Phi) is 6.17. The van der Waals surface area contributed by atoms with Crippen LogP contribution in [0.5, 0.6) is 0 Å². The van der Waals surface area contributed by atoms with Crippen molar-refractivity contribution in [2.24, 2.45) is 0 Å². The fourth-order valence-corrected chi connectivity index (χ4v) is 3.88. The summed E-state index contributed by atoms with van der Waals surface area (Å²) in [4.78, 5) is 23.1. The lowest BCUT2D eigenvalue weighted by molar-refractivity contribution is -0.137. The van der Waals surface area contributed by atoms with Crippen LogP contribution in [0.1, 0.15) is 24.8 Å². The second-order valence-corrected chi connectivity index (χ2v) is 8.20. The number of amides is 2. The van der Waals surface area contributed by atoms with E-state index in [0.29, 0.717) is 25.5 Å². The predicted octanol–water partition coefficient (Wildman–Crippen LogP) is 1.92. The number of carbonyl (C=O) groups is 2. The van der Waals surface area contributed by atoms with E-state index in [1.165, 1.54) is 0 Å². The maximum Gasteiger partial charge on any atom is 0.417 e. The van der Waals surface area contributed by atoms with Crippen LogP contribution >= 0.6 is 11.6 Å². The number of alkyl halides is 3. The number of halogens is 4. The number of rotatable bonds is 4. The number of hydrogen-bond acceptors (Lipinski definition) is 4. The first-order valence-corrected chi connectivity index (χ1v) is 9.70. The van der Waals surface area contributed by atoms with Crippen molar-refractivity contribution in [2.75, 3.05) is 12.3 Å². The molecule has 1 saturated heterocycles. The molecule has 1 fully saturated rings. The monoisotopic (exact) mass is 412 g/mol. The van der Waals surface area contributed by atoms with E-state index in [4.69, 9.17) is 11.6 Å². The lowest BCUT2D eigenvalue weighted by atomic mass is 10.1. The smallest absolute Gasteiger partial charge is 0.354 e. The third kappa shape index (κ3) is 5.10. The molecule has 6 nitrogen and oxygen atoms in total. The largest absolute Gasteiger partial charge is 0.417 e. The van der Waals surface area contributed by atoms with Gasteiger partial charge in [-0.2, -0.15) is 13.2 Å². The van der Waals surface area contributed by atoms with Crippen LogP contribution in [0.25, 0.3) is 0 Å². The van der Waals surface area contributed by atoms with Crippen LogP contribution in [-0.2, 0) is 25.6 Å². The van der Waals surface area contributed by atoms with E-state index >= 15 is 0 Å². The van der Waals surface area contributed by atoms with Crippen LogP contribution in [0, 0.1) is 0 Å². The molecule has 1 heterocycles. The predicted molar refractivity (Wildman–Crippen MR) is 87.3 cm³/mol. The highest BCUT2D eigenvalue weighted by atomic mass is 35.5. The molecule has 2 N–H and O–H groups in total. The van der Waals surface area contributed by atoms with Gasteiger partial charge in [-0.3, -0.25) is 9.59 Å². The molecule has 1 aromatic rings. The van der Waals surface area contributed by atoms with Gasteiger partial charge in [-0.15, -0.1) is 0 Å². The lowest BCUT2D eigenvalue weighted by Gasteiger charge is -2.15. The Morgan fingerprint density at radius 1 is 1.31 bits per heavy atom. The Morgan fingerprint density at radius 3 is 2.65 bits per heavy atom. The number of carbonyl (C=O) groups excluding carboxylic acids is 2. The van der Waals surface area contributed by atoms with Crippen molar-refractivity contribution in [3.8, 4) is 0 Å². The summed E-state index contributed by atoms with van der Waals surface area (Å²) in [6, 6.07) is 1.24. The van der Waals surface area contributed by atoms with Gasteiger partial charge in [0.25, 0.3) is 0 Å². The van der Waals surface area contributed by atoms with Crippen LogP contribution in [0.3, 0.4) is 0 Å². The van der Waals surface area contributed by atoms with Gasteiger partial charge in [0.1, 0.15) is 11.8 Å². The summed E-state index contributed by atoms with van der Waals surface area (Å²) in [5.41, 5.74) is -1.30. The quantitative estimate of drug-likeness (QED) is 0.790. The van der Waals surface area contributed by atoms with Crippen molar-refractivity contribution < 1.29 is 31.2 Å². The maximum atomic E-state index is 12.9. The normalized spacial score (nSPS) is 18.8. The molecule has 0 spiro atoms. The number of sulfone groups is 1. The Hall–Kier alpha value is -1.81. The molecule has 0 unspecified atom stereocenters. The molecule has 0 radical (unpaired) electrons. The summed E-state index contributed by atoms with van der Waals surface area (Å²) < 4.78 is 63.1. The van der Waals surface area contributed by atoms with Crippen LogP contribution in [0.2, 0.25) is 5.02 Å². The highest BCUT2D eigenvalue weighted by Gasteiger charge is 2.35. The van der Waals surface area contributed by atoms with Crippen molar-refractivity contribution in [1.82, 2.24) is 10.6 Å². The molecule has 0 aromatic heterocycles. The minimum atomic E-state index is -4.83. The van der Waals surface area contributed by atoms with E-state index in [1.54, 1.807) is 0 Å². The van der Waals surface area contributed by atoms with E-state index in [-0.39, 0.29) is 0 Å². The molecule has 2 amide bonds. The molecule has 1 aliphatic rings. The summed E-state index contributed by atoms with van der Waals surface area (Å²) in [5.74, 6) is -2.45. The SMILES string of the molecule is O=C(CS(=O)(=O)c1ccc(Cl)c(C(F)(F)F)c1)N[C@H]1CCCCNC1=O. The van der Waals surface area contributed by atoms with E-state index < -0.39 is 55.1 Å². The van der Waals surface area contributed by atoms with Gasteiger partial charge in [-0.25, -0.2) is 8.42 Å². The highest BCUT2D eigenvalue weighted by Crippen LogP contribution is 2.36. The third-order valence-electron chi connectivity index (χ3n) is 3.79. The van der Waals surface area contributed by atoms with E-state index in [0.717, 1.165) is 18.6 Å². The molecule has 0 aliphatic carbocycles. The van der Waals surface area contributed by atoms with Gasteiger partial charge in [-0.05, 0) is 37.5 Å². The molecule has 1 atom stereocenters. The Labute approximate surface area is 153 Å². The molecule has 1 aromatic carbocycles. The molecular weight excluding hydrogens is 397 g/mol. The van der Waals surface area contributed by atoms with Crippen molar-refractivity contribution in [1.29, 1.82) is 0 Å². The van der Waals surface area contributed by atoms with E-state index in [1.807, 2.05) is 0 Å². The zero-order valence-electron chi connectivity index (χ0n) is 13.4. The van der Waals surface area contributed by atoms with Crippen molar-refractivity contribution in [2.45, 2.75) is 36.4 Å². The van der Waals surface area contributed by atoms with E-state index in [2.05, 4.69) is 10.6 Å². The van der Waals surface area contributed by atoms with Crippen LogP contribution in [0.4, 0.5) is 13.2 Å². The summed E-state index contributed by atoms with van der Waals surface area (Å²) in [6.45, 7) is 0.467. The van der Waals surface area contributed by atoms with E-state index in [9.17, 15) is 31.2 Å². The van der Waals surface area contributed by atoms with Crippen LogP contribution < -0.4 is 10.6 Å². The van der Waals surface area contributed by atoms with Gasteiger partial charge in [0.2, 0.25) is 11.8 Å². The highest BCUT2D eigenvalue weighted by molar-refractivity contribution is 7.92. The fraction of sp³-hybridized carbons (Fsp3) is 0.467. The summed E-state index contributed by atoms with van der Waals surface area (Å²) >= 11 is 5.46. The Bertz CT molecular complexity index is 812. The van der Waals surface area contributed by atoms with Gasteiger partial charge in [0, 0.05) is 6.54 Å². The first-order valence-electron chi connectivity index (χ1n) is 7.67. The van der Waals surface area contributed by atoms with Gasteiger partial charge in [0.15, 0.2) is 9.84 Å². The minimum absolute atomic E-state index is 0.358. The van der Waals surface area contributed by atoms with Gasteiger partial charge >= 0.3 is 6.18 Å². The zero-order valence-corrected chi connectivity index (χ0v) is 15.0. The molecule has 144 valence electrons. The minimum Gasteiger partial charge on any atom is -0.354 e. The first-order chi connectivity index (χ1) is 12.0. The zero-order chi connectivity index (χ0) is 19.5. The number of benzene rings is 1. The second kappa shape index (κ2) is 7.83. The van der Waals surface area contributed by atoms with Crippen molar-refractivity contribution in [3.63, 3.8) is 0 Å². The average Bonchev–Trinajstić information content (AvgIpc) is 2.70. The van der Waals surface area contributed by atoms with Gasteiger partial charge in [0.05, 0.1) is 15.5 Å². The fourth-order valence-electron chi connectivity index (χ4n) is 2.48. The average molecular weight is 413 g/mol. The molecule has 1 aliphatic heterocycles. The number of nitrogens with one attached hydrogen (secondary N) is 2. The summed E-state index contributed by atoms with van der Waals surface area (Å²) in [7, 11) is -4.34. The van der Waals surface area contributed by atoms with Gasteiger partial charge < -0.3 is 10.6 Å². The Morgan fingerprint density at radius 2 is 2.00 bits per heavy atom. The molecule has 11 heteroatoms. The first kappa shape index (κ1) is 20.5. The van der Waals surface area contributed by atoms with Gasteiger partial charge in [-0.1, -0.05) is 11.6 Å². The maximum absolute atomic E-state index is 12.9. The molecule has 26 heavy (non-hydrogen) atoms. The standard InChI is InChI=1S/C15H16ClF3N2O4S/c16-11-5-4-9(7-10(11)15(17,18)19)26(24,25)8-13(22)21-12-3-1-2-6-20-14(12)23/h4-5,7,12H,1-3,6,8H2,(H,20,23)(H,21,22)/t12-/m0/s1. The van der Waals surface area contributed by atoms with Crippen LogP contribution in [-0.4, -0.2) is 38.6 Å². The summed E-state index contributed by atoms with van der Waals surface area (Å²) in [5, 5.41) is 4.25. The van der Waals surface area contributed by atoms with Crippen molar-refractivity contribution in [3.05, 3.63) is 28.8 Å². The van der Waals surface area contributed by atoms with Crippen molar-refractivity contribution >= 4 is 33.3 Å². The molecule has 2 rings (SSSR count). The molecule has 0 bridgehead atoms. The summed E-state index contributed by atoms with van der Waals surface area (Å²) in [6.07, 6.45) is -3.07. The molecule has 0 saturated carbocycles. The number of hydrogen-bond donors (Lipinski definition) is 2. The molecular formula is C15H16ClF3N2O4S.